The van der Waals surface area contributed by atoms with Gasteiger partial charge in [-0.2, -0.15) is 4.39 Å². The monoisotopic (exact) mass is 618 g/mol. The van der Waals surface area contributed by atoms with Crippen LogP contribution < -0.4 is 14.5 Å². The molecule has 2 aromatic carbocycles. The van der Waals surface area contributed by atoms with Gasteiger partial charge in [0, 0.05) is 36.0 Å². The number of anilines is 2. The second-order valence-corrected chi connectivity index (χ2v) is 11.8. The Morgan fingerprint density at radius 2 is 1.93 bits per heavy atom. The lowest BCUT2D eigenvalue weighted by Gasteiger charge is -2.24. The minimum Gasteiger partial charge on any atom is -0.481 e. The van der Waals surface area contributed by atoms with Gasteiger partial charge in [-0.3, -0.25) is 24.2 Å². The van der Waals surface area contributed by atoms with E-state index in [1.165, 1.54) is 15.9 Å². The van der Waals surface area contributed by atoms with Crippen LogP contribution in [0.15, 0.2) is 60.8 Å². The predicted octanol–water partition coefficient (Wildman–Crippen LogP) is 5.66. The van der Waals surface area contributed by atoms with Gasteiger partial charge in [0.15, 0.2) is 5.13 Å². The predicted molar refractivity (Wildman–Crippen MR) is 161 cm³/mol. The van der Waals surface area contributed by atoms with Gasteiger partial charge in [0.2, 0.25) is 23.8 Å². The minimum atomic E-state index is -1.11. The standard InChI is InChI=1S/C32H28F2N4O5S/c1-37-26(39)13-19-12-21(16-35-30(19)37)24-10-9-23(43-17-33)15-25(24)28-29(34)44-32(36-28)38(22-7-8-22)31(42)20(14-27(40)41)11-18-5-3-2-4-6-18/h2-6,9-10,12,15-16,20,22H,7-8,11,13-14,17H2,1H3,(H,40,41)/t20-/m1/s1. The molecular formula is C32H28F2N4O5S. The van der Waals surface area contributed by atoms with E-state index in [9.17, 15) is 23.9 Å². The molecule has 6 rings (SSSR count). The van der Waals surface area contributed by atoms with Crippen LogP contribution in [-0.2, 0) is 27.2 Å². The van der Waals surface area contributed by atoms with Crippen LogP contribution in [0.1, 0.15) is 30.4 Å². The van der Waals surface area contributed by atoms with Crippen molar-refractivity contribution in [3.8, 4) is 28.1 Å². The highest BCUT2D eigenvalue weighted by molar-refractivity contribution is 7.14. The third kappa shape index (κ3) is 5.89. The number of nitrogens with zero attached hydrogens (tertiary/aromatic N) is 4. The lowest BCUT2D eigenvalue weighted by Crippen LogP contribution is -2.39. The Bertz CT molecular complexity index is 1740. The number of pyridine rings is 1. The van der Waals surface area contributed by atoms with Crippen molar-refractivity contribution in [1.29, 1.82) is 0 Å². The van der Waals surface area contributed by atoms with E-state index >= 15 is 4.39 Å². The zero-order valence-corrected chi connectivity index (χ0v) is 24.5. The number of aliphatic carboxylic acids is 1. The van der Waals surface area contributed by atoms with E-state index < -0.39 is 29.8 Å². The first-order chi connectivity index (χ1) is 21.2. The SMILES string of the molecule is CN1C(=O)Cc2cc(-c3ccc(OCF)cc3-c3nc(N(C(=O)[C@@H](CC(=O)O)Cc4ccccc4)C4CC4)sc3F)cnc21. The van der Waals surface area contributed by atoms with Gasteiger partial charge in [-0.15, -0.1) is 0 Å². The number of ether oxygens (including phenoxy) is 1. The van der Waals surface area contributed by atoms with Gasteiger partial charge in [0.05, 0.1) is 18.8 Å². The molecule has 1 atom stereocenters. The van der Waals surface area contributed by atoms with Crippen molar-refractivity contribution in [3.05, 3.63) is 77.1 Å². The van der Waals surface area contributed by atoms with E-state index in [0.717, 1.165) is 11.1 Å². The number of alkyl halides is 1. The molecule has 0 unspecified atom stereocenters. The van der Waals surface area contributed by atoms with Crippen LogP contribution in [0.5, 0.6) is 5.75 Å². The second-order valence-electron chi connectivity index (χ2n) is 10.8. The Balaban J connectivity index is 1.39. The van der Waals surface area contributed by atoms with Gasteiger partial charge < -0.3 is 9.84 Å². The average Bonchev–Trinajstić information content (AvgIpc) is 3.70. The highest BCUT2D eigenvalue weighted by Crippen LogP contribution is 2.43. The van der Waals surface area contributed by atoms with Gasteiger partial charge in [-0.1, -0.05) is 41.7 Å². The molecule has 2 amide bonds. The Kier molecular flexibility index (Phi) is 8.09. The summed E-state index contributed by atoms with van der Waals surface area (Å²) in [6.07, 6.45) is 2.96. The van der Waals surface area contributed by atoms with Gasteiger partial charge in [0.1, 0.15) is 17.3 Å². The maximum absolute atomic E-state index is 15.8. The van der Waals surface area contributed by atoms with E-state index in [0.29, 0.717) is 46.7 Å². The maximum Gasteiger partial charge on any atom is 0.304 e. The fraction of sp³-hybridized carbons (Fsp3) is 0.281. The molecule has 0 bridgehead atoms. The van der Waals surface area contributed by atoms with Crippen molar-refractivity contribution in [2.75, 3.05) is 23.7 Å². The Hall–Kier alpha value is -4.71. The molecule has 44 heavy (non-hydrogen) atoms. The highest BCUT2D eigenvalue weighted by atomic mass is 32.1. The van der Waals surface area contributed by atoms with Crippen LogP contribution in [0.2, 0.25) is 0 Å². The molecule has 226 valence electrons. The number of carbonyl (C=O) groups excluding carboxylic acids is 2. The Labute approximate surface area is 255 Å². The number of halogens is 2. The van der Waals surface area contributed by atoms with E-state index in [4.69, 9.17) is 4.74 Å². The summed E-state index contributed by atoms with van der Waals surface area (Å²) in [6, 6.07) is 15.4. The molecule has 9 nitrogen and oxygen atoms in total. The number of hydrogen-bond donors (Lipinski definition) is 1. The molecule has 1 aliphatic heterocycles. The summed E-state index contributed by atoms with van der Waals surface area (Å²) in [5.74, 6) is -1.80. The lowest BCUT2D eigenvalue weighted by atomic mass is 9.94. The number of benzene rings is 2. The Morgan fingerprint density at radius 1 is 1.16 bits per heavy atom. The molecule has 0 saturated heterocycles. The van der Waals surface area contributed by atoms with Crippen LogP contribution in [0.4, 0.5) is 19.7 Å². The van der Waals surface area contributed by atoms with Crippen LogP contribution in [0.3, 0.4) is 0 Å². The zero-order chi connectivity index (χ0) is 31.0. The topological polar surface area (TPSA) is 113 Å². The van der Waals surface area contributed by atoms with Crippen molar-refractivity contribution < 1.29 is 33.0 Å². The molecule has 4 aromatic rings. The smallest absolute Gasteiger partial charge is 0.304 e. The van der Waals surface area contributed by atoms with E-state index in [2.05, 4.69) is 9.97 Å². The summed E-state index contributed by atoms with van der Waals surface area (Å²) in [5.41, 5.74) is 2.90. The van der Waals surface area contributed by atoms with Crippen LogP contribution in [0, 0.1) is 11.0 Å². The van der Waals surface area contributed by atoms with Crippen LogP contribution in [0.25, 0.3) is 22.4 Å². The molecular weight excluding hydrogens is 590 g/mol. The summed E-state index contributed by atoms with van der Waals surface area (Å²) in [5, 5.41) is 9.05. The van der Waals surface area contributed by atoms with Gasteiger partial charge in [0.25, 0.3) is 0 Å². The van der Waals surface area contributed by atoms with E-state index in [-0.39, 0.29) is 47.8 Å². The van der Waals surface area contributed by atoms with E-state index in [1.807, 2.05) is 36.4 Å². The van der Waals surface area contributed by atoms with Crippen molar-refractivity contribution >= 4 is 40.1 Å². The number of rotatable bonds is 11. The molecule has 0 radical (unpaired) electrons. The summed E-state index contributed by atoms with van der Waals surface area (Å²) < 4.78 is 34.0. The average molecular weight is 619 g/mol. The van der Waals surface area contributed by atoms with Gasteiger partial charge >= 0.3 is 5.97 Å². The lowest BCUT2D eigenvalue weighted by molar-refractivity contribution is -0.140. The normalized spacial score (nSPS) is 14.8. The number of fused-ring (bicyclic) bond motifs is 1. The minimum absolute atomic E-state index is 0.0608. The third-order valence-electron chi connectivity index (χ3n) is 7.78. The first-order valence-electron chi connectivity index (χ1n) is 14.1. The third-order valence-corrected chi connectivity index (χ3v) is 8.62. The maximum atomic E-state index is 15.8. The first-order valence-corrected chi connectivity index (χ1v) is 14.9. The molecule has 1 saturated carbocycles. The summed E-state index contributed by atoms with van der Waals surface area (Å²) in [6.45, 7) is -1.09. The Morgan fingerprint density at radius 3 is 2.64 bits per heavy atom. The number of amides is 2. The van der Waals surface area contributed by atoms with Crippen molar-refractivity contribution in [2.45, 2.75) is 38.1 Å². The van der Waals surface area contributed by atoms with Crippen LogP contribution >= 0.6 is 11.3 Å². The first kappa shape index (κ1) is 29.4. The fourth-order valence-corrected chi connectivity index (χ4v) is 6.37. The molecule has 1 aliphatic carbocycles. The van der Waals surface area contributed by atoms with Crippen molar-refractivity contribution in [3.63, 3.8) is 0 Å². The van der Waals surface area contributed by atoms with E-state index in [1.54, 1.807) is 25.4 Å². The quantitative estimate of drug-likeness (QED) is 0.231. The molecule has 2 aromatic heterocycles. The number of thiazole rings is 1. The number of carboxylic acid groups (broad SMARTS) is 1. The number of aromatic nitrogens is 2. The molecule has 1 fully saturated rings. The number of carbonyl (C=O) groups is 3. The molecule has 0 spiro atoms. The molecule has 12 heteroatoms. The molecule has 1 N–H and O–H groups in total. The van der Waals surface area contributed by atoms with Gasteiger partial charge in [-0.25, -0.2) is 14.4 Å². The number of hydrogen-bond acceptors (Lipinski definition) is 7. The fourth-order valence-electron chi connectivity index (χ4n) is 5.48. The summed E-state index contributed by atoms with van der Waals surface area (Å²) in [4.78, 5) is 49.8. The summed E-state index contributed by atoms with van der Waals surface area (Å²) >= 11 is 0.698. The largest absolute Gasteiger partial charge is 0.481 e. The van der Waals surface area contributed by atoms with Gasteiger partial charge in [-0.05, 0) is 54.7 Å². The highest BCUT2D eigenvalue weighted by Gasteiger charge is 2.40. The number of carboxylic acids is 1. The van der Waals surface area contributed by atoms with Crippen LogP contribution in [-0.4, -0.2) is 52.8 Å². The van der Waals surface area contributed by atoms with Crippen molar-refractivity contribution in [1.82, 2.24) is 9.97 Å². The van der Waals surface area contributed by atoms with Crippen molar-refractivity contribution in [2.24, 2.45) is 5.92 Å². The molecule has 3 heterocycles. The number of likely N-dealkylation sites (N-methyl/N-ethyl adjacent to an activating group) is 1. The second kappa shape index (κ2) is 12.1. The summed E-state index contributed by atoms with van der Waals surface area (Å²) in [7, 11) is 1.65. The zero-order valence-electron chi connectivity index (χ0n) is 23.7. The molecule has 2 aliphatic rings.